The number of aryl methyl sites for hydroxylation is 1. The molecule has 17 heavy (non-hydrogen) atoms. The van der Waals surface area contributed by atoms with Gasteiger partial charge < -0.3 is 4.74 Å². The second kappa shape index (κ2) is 4.53. The summed E-state index contributed by atoms with van der Waals surface area (Å²) < 4.78 is 64.1. The molecule has 0 aromatic carbocycles. The monoisotopic (exact) mass is 252 g/mol. The third-order valence-corrected chi connectivity index (χ3v) is 1.72. The van der Waals surface area contributed by atoms with Gasteiger partial charge in [0.15, 0.2) is 5.75 Å². The molecule has 0 aliphatic rings. The van der Waals surface area contributed by atoms with Crippen molar-refractivity contribution in [2.45, 2.75) is 19.7 Å². The van der Waals surface area contributed by atoms with Gasteiger partial charge in [0.1, 0.15) is 11.8 Å². The fourth-order valence-electron chi connectivity index (χ4n) is 1.12. The molecule has 8 heteroatoms. The van der Waals surface area contributed by atoms with Gasteiger partial charge in [0.05, 0.1) is 11.3 Å². The zero-order valence-electron chi connectivity index (χ0n) is 8.35. The lowest BCUT2D eigenvalue weighted by Gasteiger charge is -2.13. The molecule has 0 aliphatic carbocycles. The number of hydrogen-bond donors (Lipinski definition) is 0. The SMILES string of the molecule is Cc1nc(C(F)F)cc(C#N)c1OC(F)(F)F. The van der Waals surface area contributed by atoms with Crippen LogP contribution in [0.1, 0.15) is 23.4 Å². The summed E-state index contributed by atoms with van der Waals surface area (Å²) in [6, 6.07) is 1.92. The minimum Gasteiger partial charge on any atom is -0.402 e. The highest BCUT2D eigenvalue weighted by atomic mass is 19.4. The predicted octanol–water partition coefficient (Wildman–Crippen LogP) is 3.10. The van der Waals surface area contributed by atoms with Crippen LogP contribution in [0.25, 0.3) is 0 Å². The van der Waals surface area contributed by atoms with Crippen LogP contribution >= 0.6 is 0 Å². The highest BCUT2D eigenvalue weighted by molar-refractivity contribution is 5.46. The first-order valence-electron chi connectivity index (χ1n) is 4.20. The molecule has 0 saturated carbocycles. The summed E-state index contributed by atoms with van der Waals surface area (Å²) >= 11 is 0. The molecule has 92 valence electrons. The van der Waals surface area contributed by atoms with Gasteiger partial charge in [0.2, 0.25) is 0 Å². The molecule has 1 aromatic heterocycles. The van der Waals surface area contributed by atoms with Crippen molar-refractivity contribution in [2.24, 2.45) is 0 Å². The predicted molar refractivity (Wildman–Crippen MR) is 45.3 cm³/mol. The zero-order valence-corrected chi connectivity index (χ0v) is 8.35. The number of rotatable bonds is 2. The van der Waals surface area contributed by atoms with Crippen LogP contribution in [0, 0.1) is 18.3 Å². The van der Waals surface area contributed by atoms with Gasteiger partial charge in [-0.05, 0) is 13.0 Å². The van der Waals surface area contributed by atoms with E-state index in [1.807, 2.05) is 0 Å². The van der Waals surface area contributed by atoms with Crippen molar-refractivity contribution in [1.29, 1.82) is 5.26 Å². The highest BCUT2D eigenvalue weighted by Crippen LogP contribution is 2.31. The molecule has 0 saturated heterocycles. The van der Waals surface area contributed by atoms with E-state index < -0.39 is 35.5 Å². The fourth-order valence-corrected chi connectivity index (χ4v) is 1.12. The number of alkyl halides is 5. The summed E-state index contributed by atoms with van der Waals surface area (Å²) in [7, 11) is 0. The second-order valence-electron chi connectivity index (χ2n) is 2.97. The lowest BCUT2D eigenvalue weighted by molar-refractivity contribution is -0.275. The molecule has 0 radical (unpaired) electrons. The minimum absolute atomic E-state index is 0.420. The lowest BCUT2D eigenvalue weighted by Crippen LogP contribution is -2.19. The Labute approximate surface area is 92.4 Å². The fraction of sp³-hybridized carbons (Fsp3) is 0.333. The van der Waals surface area contributed by atoms with Gasteiger partial charge in [-0.25, -0.2) is 13.8 Å². The van der Waals surface area contributed by atoms with E-state index in [-0.39, 0.29) is 0 Å². The number of nitrogens with zero attached hydrogens (tertiary/aromatic N) is 2. The molecular formula is C9H5F5N2O. The Kier molecular flexibility index (Phi) is 3.50. The maximum absolute atomic E-state index is 12.3. The molecule has 0 aliphatic heterocycles. The Morgan fingerprint density at radius 2 is 2.00 bits per heavy atom. The molecule has 1 aromatic rings. The summed E-state index contributed by atoms with van der Waals surface area (Å²) in [5.41, 5.74) is -1.82. The zero-order chi connectivity index (χ0) is 13.2. The van der Waals surface area contributed by atoms with Crippen molar-refractivity contribution in [2.75, 3.05) is 0 Å². The Bertz CT molecular complexity index is 464. The van der Waals surface area contributed by atoms with E-state index in [1.54, 1.807) is 0 Å². The summed E-state index contributed by atoms with van der Waals surface area (Å²) in [5.74, 6) is -0.857. The first kappa shape index (κ1) is 13.2. The van der Waals surface area contributed by atoms with Gasteiger partial charge >= 0.3 is 6.36 Å². The number of halogens is 5. The maximum atomic E-state index is 12.3. The third kappa shape index (κ3) is 3.27. The van der Waals surface area contributed by atoms with Crippen LogP contribution in [0.5, 0.6) is 5.75 Å². The van der Waals surface area contributed by atoms with Gasteiger partial charge in [-0.2, -0.15) is 5.26 Å². The molecule has 0 spiro atoms. The number of hydrogen-bond acceptors (Lipinski definition) is 3. The molecule has 0 bridgehead atoms. The minimum atomic E-state index is -5.01. The van der Waals surface area contributed by atoms with Crippen molar-refractivity contribution in [3.63, 3.8) is 0 Å². The van der Waals surface area contributed by atoms with Gasteiger partial charge in [0.25, 0.3) is 6.43 Å². The van der Waals surface area contributed by atoms with Crippen LogP contribution in [-0.2, 0) is 0 Å². The first-order chi connectivity index (χ1) is 7.74. The van der Waals surface area contributed by atoms with Gasteiger partial charge in [-0.1, -0.05) is 0 Å². The number of ether oxygens (including phenoxy) is 1. The summed E-state index contributed by atoms with van der Waals surface area (Å²) in [5, 5.41) is 8.58. The second-order valence-corrected chi connectivity index (χ2v) is 2.97. The largest absolute Gasteiger partial charge is 0.573 e. The standard InChI is InChI=1S/C9H5F5N2O/c1-4-7(17-9(12,13)14)5(3-15)2-6(16-4)8(10)11/h2,8H,1H3. The van der Waals surface area contributed by atoms with Crippen LogP contribution in [0.2, 0.25) is 0 Å². The number of aromatic nitrogens is 1. The van der Waals surface area contributed by atoms with Gasteiger partial charge in [0, 0.05) is 0 Å². The van der Waals surface area contributed by atoms with Crippen LogP contribution in [0.15, 0.2) is 6.07 Å². The Balaban J connectivity index is 3.28. The summed E-state index contributed by atoms with van der Waals surface area (Å²) in [6.07, 6.45) is -7.98. The van der Waals surface area contributed by atoms with E-state index in [1.165, 1.54) is 6.07 Å². The van der Waals surface area contributed by atoms with E-state index in [0.717, 1.165) is 6.92 Å². The van der Waals surface area contributed by atoms with Crippen molar-refractivity contribution < 1.29 is 26.7 Å². The van der Waals surface area contributed by atoms with Crippen LogP contribution < -0.4 is 4.74 Å². The molecule has 0 N–H and O–H groups in total. The van der Waals surface area contributed by atoms with Crippen molar-refractivity contribution >= 4 is 0 Å². The number of nitriles is 1. The van der Waals surface area contributed by atoms with E-state index in [2.05, 4.69) is 9.72 Å². The van der Waals surface area contributed by atoms with E-state index in [9.17, 15) is 22.0 Å². The van der Waals surface area contributed by atoms with E-state index >= 15 is 0 Å². The molecule has 0 amide bonds. The van der Waals surface area contributed by atoms with E-state index in [0.29, 0.717) is 6.07 Å². The third-order valence-electron chi connectivity index (χ3n) is 1.72. The molecule has 1 rings (SSSR count). The smallest absolute Gasteiger partial charge is 0.402 e. The normalized spacial score (nSPS) is 11.4. The molecule has 3 nitrogen and oxygen atoms in total. The van der Waals surface area contributed by atoms with E-state index in [4.69, 9.17) is 5.26 Å². The maximum Gasteiger partial charge on any atom is 0.573 e. The molecule has 0 atom stereocenters. The number of pyridine rings is 1. The van der Waals surface area contributed by atoms with Crippen molar-refractivity contribution in [3.8, 4) is 11.8 Å². The van der Waals surface area contributed by atoms with Crippen molar-refractivity contribution in [1.82, 2.24) is 4.98 Å². The summed E-state index contributed by atoms with van der Waals surface area (Å²) in [6.45, 7) is 1.05. The topological polar surface area (TPSA) is 45.9 Å². The van der Waals surface area contributed by atoms with Crippen LogP contribution in [0.4, 0.5) is 22.0 Å². The van der Waals surface area contributed by atoms with Crippen molar-refractivity contribution in [3.05, 3.63) is 23.0 Å². The van der Waals surface area contributed by atoms with Crippen LogP contribution in [-0.4, -0.2) is 11.3 Å². The Morgan fingerprint density at radius 3 is 2.41 bits per heavy atom. The average molecular weight is 252 g/mol. The highest BCUT2D eigenvalue weighted by Gasteiger charge is 2.33. The molecule has 0 fully saturated rings. The Morgan fingerprint density at radius 1 is 1.41 bits per heavy atom. The molecule has 0 unspecified atom stereocenters. The lowest BCUT2D eigenvalue weighted by atomic mass is 10.2. The Hall–Kier alpha value is -1.91. The average Bonchev–Trinajstić information content (AvgIpc) is 2.18. The van der Waals surface area contributed by atoms with Gasteiger partial charge in [-0.3, -0.25) is 0 Å². The van der Waals surface area contributed by atoms with Gasteiger partial charge in [-0.15, -0.1) is 13.2 Å². The quantitative estimate of drug-likeness (QED) is 0.760. The van der Waals surface area contributed by atoms with Crippen LogP contribution in [0.3, 0.4) is 0 Å². The summed E-state index contributed by atoms with van der Waals surface area (Å²) in [4.78, 5) is 3.24. The first-order valence-corrected chi connectivity index (χ1v) is 4.20. The molecular weight excluding hydrogens is 247 g/mol. The molecule has 1 heterocycles.